The van der Waals surface area contributed by atoms with Gasteiger partial charge >= 0.3 is 0 Å². The Bertz CT molecular complexity index is 182. The summed E-state index contributed by atoms with van der Waals surface area (Å²) in [6.07, 6.45) is 3.30. The van der Waals surface area contributed by atoms with E-state index in [1.165, 1.54) is 19.4 Å². The highest BCUT2D eigenvalue weighted by molar-refractivity contribution is 4.81. The van der Waals surface area contributed by atoms with Crippen molar-refractivity contribution in [2.24, 2.45) is 0 Å². The van der Waals surface area contributed by atoms with Crippen LogP contribution in [0.25, 0.3) is 0 Å². The molecule has 1 fully saturated rings. The molecule has 1 aliphatic heterocycles. The zero-order chi connectivity index (χ0) is 11.4. The summed E-state index contributed by atoms with van der Waals surface area (Å²) in [5.74, 6) is 0. The molecule has 0 aromatic heterocycles. The Morgan fingerprint density at radius 3 is 2.60 bits per heavy atom. The van der Waals surface area contributed by atoms with E-state index >= 15 is 0 Å². The highest BCUT2D eigenvalue weighted by Crippen LogP contribution is 2.18. The van der Waals surface area contributed by atoms with E-state index in [0.717, 1.165) is 13.0 Å². The predicted molar refractivity (Wildman–Crippen MR) is 64.0 cm³/mol. The average Bonchev–Trinajstić information content (AvgIpc) is 2.17. The first kappa shape index (κ1) is 12.9. The molecule has 0 aliphatic carbocycles. The summed E-state index contributed by atoms with van der Waals surface area (Å²) in [5, 5.41) is 9.39. The molecular formula is C12H26N2O. The van der Waals surface area contributed by atoms with E-state index in [9.17, 15) is 5.11 Å². The molecule has 1 saturated heterocycles. The zero-order valence-electron chi connectivity index (χ0n) is 10.6. The molecule has 3 nitrogen and oxygen atoms in total. The molecule has 0 saturated carbocycles. The van der Waals surface area contributed by atoms with Crippen molar-refractivity contribution in [1.82, 2.24) is 9.80 Å². The number of likely N-dealkylation sites (tertiary alicyclic amines) is 1. The van der Waals surface area contributed by atoms with Gasteiger partial charge in [0.1, 0.15) is 0 Å². The van der Waals surface area contributed by atoms with E-state index in [4.69, 9.17) is 0 Å². The van der Waals surface area contributed by atoms with Crippen molar-refractivity contribution in [1.29, 1.82) is 0 Å². The van der Waals surface area contributed by atoms with Gasteiger partial charge in [-0.05, 0) is 53.8 Å². The summed E-state index contributed by atoms with van der Waals surface area (Å²) >= 11 is 0. The van der Waals surface area contributed by atoms with Crippen LogP contribution in [-0.2, 0) is 0 Å². The number of likely N-dealkylation sites (N-methyl/N-ethyl adjacent to an activating group) is 1. The second kappa shape index (κ2) is 5.83. The normalized spacial score (nSPS) is 28.0. The van der Waals surface area contributed by atoms with Gasteiger partial charge in [-0.3, -0.25) is 4.90 Å². The summed E-state index contributed by atoms with van der Waals surface area (Å²) in [6.45, 7) is 6.45. The lowest BCUT2D eigenvalue weighted by Crippen LogP contribution is -2.48. The van der Waals surface area contributed by atoms with Crippen molar-refractivity contribution < 1.29 is 5.11 Å². The van der Waals surface area contributed by atoms with Crippen LogP contribution in [-0.4, -0.2) is 60.3 Å². The standard InChI is InChI=1S/C12H26N2O/c1-10(8-11(2)15)14-7-5-6-12(9-14)13(3)4/h10-12,15H,5-9H2,1-4H3. The lowest BCUT2D eigenvalue weighted by Gasteiger charge is -2.39. The fourth-order valence-corrected chi connectivity index (χ4v) is 2.45. The van der Waals surface area contributed by atoms with Crippen LogP contribution < -0.4 is 0 Å². The first-order valence-corrected chi connectivity index (χ1v) is 6.09. The Labute approximate surface area is 94.1 Å². The van der Waals surface area contributed by atoms with Crippen LogP contribution in [0.5, 0.6) is 0 Å². The predicted octanol–water partition coefficient (Wildman–Crippen LogP) is 1.17. The summed E-state index contributed by atoms with van der Waals surface area (Å²) in [7, 11) is 4.32. The lowest BCUT2D eigenvalue weighted by atomic mass is 10.0. The van der Waals surface area contributed by atoms with Gasteiger partial charge in [0.25, 0.3) is 0 Å². The molecule has 3 heteroatoms. The quantitative estimate of drug-likeness (QED) is 0.761. The minimum Gasteiger partial charge on any atom is -0.393 e. The van der Waals surface area contributed by atoms with Crippen molar-refractivity contribution >= 4 is 0 Å². The van der Waals surface area contributed by atoms with Crippen molar-refractivity contribution in [2.75, 3.05) is 27.2 Å². The smallest absolute Gasteiger partial charge is 0.0526 e. The molecule has 3 atom stereocenters. The summed E-state index contributed by atoms with van der Waals surface area (Å²) < 4.78 is 0. The molecule has 3 unspecified atom stereocenters. The van der Waals surface area contributed by atoms with Gasteiger partial charge < -0.3 is 10.0 Å². The van der Waals surface area contributed by atoms with Gasteiger partial charge in [-0.2, -0.15) is 0 Å². The van der Waals surface area contributed by atoms with Crippen LogP contribution in [0.4, 0.5) is 0 Å². The van der Waals surface area contributed by atoms with Gasteiger partial charge in [-0.25, -0.2) is 0 Å². The van der Waals surface area contributed by atoms with Crippen LogP contribution in [0.3, 0.4) is 0 Å². The number of hydrogen-bond acceptors (Lipinski definition) is 3. The summed E-state index contributed by atoms with van der Waals surface area (Å²) in [6, 6.07) is 1.20. The van der Waals surface area contributed by atoms with E-state index in [2.05, 4.69) is 30.8 Å². The van der Waals surface area contributed by atoms with Crippen LogP contribution in [0.1, 0.15) is 33.1 Å². The third kappa shape index (κ3) is 4.09. The van der Waals surface area contributed by atoms with E-state index < -0.39 is 0 Å². The van der Waals surface area contributed by atoms with Gasteiger partial charge in [0.15, 0.2) is 0 Å². The zero-order valence-corrected chi connectivity index (χ0v) is 10.6. The van der Waals surface area contributed by atoms with Gasteiger partial charge in [-0.15, -0.1) is 0 Å². The molecular weight excluding hydrogens is 188 g/mol. The Kier molecular flexibility index (Phi) is 5.03. The molecule has 1 rings (SSSR count). The minimum absolute atomic E-state index is 0.181. The highest BCUT2D eigenvalue weighted by atomic mass is 16.3. The third-order valence-electron chi connectivity index (χ3n) is 3.46. The Morgan fingerprint density at radius 1 is 1.40 bits per heavy atom. The Morgan fingerprint density at radius 2 is 2.07 bits per heavy atom. The van der Waals surface area contributed by atoms with Gasteiger partial charge in [0.2, 0.25) is 0 Å². The summed E-state index contributed by atoms with van der Waals surface area (Å²) in [5.41, 5.74) is 0. The van der Waals surface area contributed by atoms with Gasteiger partial charge in [0, 0.05) is 18.6 Å². The maximum Gasteiger partial charge on any atom is 0.0526 e. The van der Waals surface area contributed by atoms with Gasteiger partial charge in [0.05, 0.1) is 6.10 Å². The molecule has 1 N–H and O–H groups in total. The molecule has 0 amide bonds. The first-order valence-electron chi connectivity index (χ1n) is 6.09. The number of piperidine rings is 1. The largest absolute Gasteiger partial charge is 0.393 e. The van der Waals surface area contributed by atoms with Crippen LogP contribution in [0, 0.1) is 0 Å². The molecule has 1 aliphatic rings. The minimum atomic E-state index is -0.181. The number of aliphatic hydroxyl groups is 1. The Hall–Kier alpha value is -0.120. The average molecular weight is 214 g/mol. The van der Waals surface area contributed by atoms with E-state index in [-0.39, 0.29) is 6.10 Å². The molecule has 0 spiro atoms. The van der Waals surface area contributed by atoms with Crippen molar-refractivity contribution in [3.05, 3.63) is 0 Å². The van der Waals surface area contributed by atoms with Gasteiger partial charge in [-0.1, -0.05) is 0 Å². The topological polar surface area (TPSA) is 26.7 Å². The fraction of sp³-hybridized carbons (Fsp3) is 1.00. The number of aliphatic hydroxyl groups excluding tert-OH is 1. The van der Waals surface area contributed by atoms with E-state index in [1.807, 2.05) is 6.92 Å². The van der Waals surface area contributed by atoms with E-state index in [1.54, 1.807) is 0 Å². The fourth-order valence-electron chi connectivity index (χ4n) is 2.45. The number of hydrogen-bond donors (Lipinski definition) is 1. The SMILES string of the molecule is CC(O)CC(C)N1CCCC(N(C)C)C1. The van der Waals surface area contributed by atoms with Crippen molar-refractivity contribution in [2.45, 2.75) is 51.3 Å². The van der Waals surface area contributed by atoms with Crippen molar-refractivity contribution in [3.8, 4) is 0 Å². The third-order valence-corrected chi connectivity index (χ3v) is 3.46. The van der Waals surface area contributed by atoms with E-state index in [0.29, 0.717) is 12.1 Å². The highest BCUT2D eigenvalue weighted by Gasteiger charge is 2.24. The number of rotatable bonds is 4. The second-order valence-corrected chi connectivity index (χ2v) is 5.19. The molecule has 15 heavy (non-hydrogen) atoms. The molecule has 90 valence electrons. The van der Waals surface area contributed by atoms with Crippen molar-refractivity contribution in [3.63, 3.8) is 0 Å². The maximum atomic E-state index is 9.39. The maximum absolute atomic E-state index is 9.39. The molecule has 0 bridgehead atoms. The molecule has 1 heterocycles. The van der Waals surface area contributed by atoms with Crippen LogP contribution >= 0.6 is 0 Å². The summed E-state index contributed by atoms with van der Waals surface area (Å²) in [4.78, 5) is 4.84. The second-order valence-electron chi connectivity index (χ2n) is 5.19. The lowest BCUT2D eigenvalue weighted by molar-refractivity contribution is 0.0725. The van der Waals surface area contributed by atoms with Crippen LogP contribution in [0.2, 0.25) is 0 Å². The molecule has 0 aromatic rings. The Balaban J connectivity index is 2.41. The number of nitrogens with zero attached hydrogens (tertiary/aromatic N) is 2. The monoisotopic (exact) mass is 214 g/mol. The van der Waals surface area contributed by atoms with Crippen LogP contribution in [0.15, 0.2) is 0 Å². The molecule has 0 aromatic carbocycles. The first-order chi connectivity index (χ1) is 7.00. The molecule has 0 radical (unpaired) electrons.